The maximum absolute atomic E-state index is 11.6. The first kappa shape index (κ1) is 17.3. The molecule has 1 aliphatic heterocycles. The van der Waals surface area contributed by atoms with E-state index < -0.39 is 0 Å². The van der Waals surface area contributed by atoms with Gasteiger partial charge in [0.1, 0.15) is 5.01 Å². The molecule has 0 unspecified atom stereocenters. The summed E-state index contributed by atoms with van der Waals surface area (Å²) >= 11 is 1.57. The number of rotatable bonds is 6. The zero-order chi connectivity index (χ0) is 18.6. The SMILES string of the molecule is Cc1nc(-c2ccccn2)sc1-c1ccnc(NCCN2CCNC2=O)n1. The minimum Gasteiger partial charge on any atom is -0.352 e. The summed E-state index contributed by atoms with van der Waals surface area (Å²) < 4.78 is 0. The molecule has 2 N–H and O–H groups in total. The highest BCUT2D eigenvalue weighted by Crippen LogP contribution is 2.33. The summed E-state index contributed by atoms with van der Waals surface area (Å²) in [6.07, 6.45) is 3.49. The van der Waals surface area contributed by atoms with Crippen LogP contribution >= 0.6 is 11.3 Å². The van der Waals surface area contributed by atoms with E-state index >= 15 is 0 Å². The van der Waals surface area contributed by atoms with Crippen molar-refractivity contribution in [2.75, 3.05) is 31.5 Å². The molecular weight excluding hydrogens is 362 g/mol. The summed E-state index contributed by atoms with van der Waals surface area (Å²) in [4.78, 5) is 32.2. The average molecular weight is 381 g/mol. The summed E-state index contributed by atoms with van der Waals surface area (Å²) in [5.41, 5.74) is 2.59. The van der Waals surface area contributed by atoms with Gasteiger partial charge in [0.25, 0.3) is 0 Å². The van der Waals surface area contributed by atoms with E-state index in [9.17, 15) is 4.79 Å². The molecule has 4 rings (SSSR count). The summed E-state index contributed by atoms with van der Waals surface area (Å²) in [6, 6.07) is 7.64. The Morgan fingerprint density at radius 2 is 2.11 bits per heavy atom. The maximum atomic E-state index is 11.6. The fourth-order valence-corrected chi connectivity index (χ4v) is 3.84. The van der Waals surface area contributed by atoms with E-state index in [1.165, 1.54) is 0 Å². The molecule has 0 saturated carbocycles. The van der Waals surface area contributed by atoms with Gasteiger partial charge in [0.2, 0.25) is 5.95 Å². The first-order valence-corrected chi connectivity index (χ1v) is 9.51. The van der Waals surface area contributed by atoms with Gasteiger partial charge in [-0.05, 0) is 25.1 Å². The lowest BCUT2D eigenvalue weighted by atomic mass is 10.3. The van der Waals surface area contributed by atoms with Gasteiger partial charge in [-0.25, -0.2) is 19.7 Å². The van der Waals surface area contributed by atoms with E-state index in [1.807, 2.05) is 31.2 Å². The normalized spacial score (nSPS) is 13.7. The summed E-state index contributed by atoms with van der Waals surface area (Å²) in [6.45, 7) is 4.62. The molecule has 2 amide bonds. The summed E-state index contributed by atoms with van der Waals surface area (Å²) in [7, 11) is 0. The molecule has 1 fully saturated rings. The third-order valence-corrected chi connectivity index (χ3v) is 5.38. The van der Waals surface area contributed by atoms with Crippen LogP contribution in [-0.4, -0.2) is 57.0 Å². The molecule has 1 saturated heterocycles. The van der Waals surface area contributed by atoms with Gasteiger partial charge in [0.15, 0.2) is 0 Å². The number of nitrogens with zero attached hydrogens (tertiary/aromatic N) is 5. The number of carbonyl (C=O) groups is 1. The molecule has 138 valence electrons. The maximum Gasteiger partial charge on any atom is 0.317 e. The second-order valence-electron chi connectivity index (χ2n) is 6.06. The van der Waals surface area contributed by atoms with Gasteiger partial charge in [0.05, 0.1) is 22.0 Å². The standard InChI is InChI=1S/C18H19N7OS/c1-12-15(27-16(23-12)14-4-2-3-6-19-14)13-5-7-20-17(24-13)21-8-10-25-11-9-22-18(25)26/h2-7H,8-11H2,1H3,(H,22,26)(H,20,21,24). The number of pyridine rings is 1. The van der Waals surface area contributed by atoms with Crippen molar-refractivity contribution < 1.29 is 4.79 Å². The van der Waals surface area contributed by atoms with Crippen LogP contribution in [0.5, 0.6) is 0 Å². The number of amides is 2. The van der Waals surface area contributed by atoms with Gasteiger partial charge in [-0.15, -0.1) is 11.3 Å². The molecule has 27 heavy (non-hydrogen) atoms. The zero-order valence-corrected chi connectivity index (χ0v) is 15.7. The fraction of sp³-hybridized carbons (Fsp3) is 0.278. The van der Waals surface area contributed by atoms with Crippen molar-refractivity contribution in [2.24, 2.45) is 0 Å². The quantitative estimate of drug-likeness (QED) is 0.681. The van der Waals surface area contributed by atoms with E-state index in [0.717, 1.165) is 33.5 Å². The Hall–Kier alpha value is -3.07. The molecule has 0 bridgehead atoms. The molecule has 3 aromatic rings. The lowest BCUT2D eigenvalue weighted by Gasteiger charge is -2.14. The summed E-state index contributed by atoms with van der Waals surface area (Å²) in [5, 5.41) is 6.85. The number of anilines is 1. The number of thiazole rings is 1. The van der Waals surface area contributed by atoms with Crippen molar-refractivity contribution in [3.63, 3.8) is 0 Å². The van der Waals surface area contributed by atoms with Crippen LogP contribution in [0.15, 0.2) is 36.7 Å². The first-order chi connectivity index (χ1) is 13.2. The number of nitrogens with one attached hydrogen (secondary N) is 2. The molecule has 8 nitrogen and oxygen atoms in total. The van der Waals surface area contributed by atoms with Crippen LogP contribution in [0, 0.1) is 6.92 Å². The molecule has 1 aliphatic rings. The van der Waals surface area contributed by atoms with Crippen molar-refractivity contribution in [3.8, 4) is 21.3 Å². The van der Waals surface area contributed by atoms with Crippen molar-refractivity contribution in [2.45, 2.75) is 6.92 Å². The highest BCUT2D eigenvalue weighted by Gasteiger charge is 2.18. The number of urea groups is 1. The van der Waals surface area contributed by atoms with Crippen LogP contribution in [0.2, 0.25) is 0 Å². The Balaban J connectivity index is 1.47. The van der Waals surface area contributed by atoms with Crippen molar-refractivity contribution in [3.05, 3.63) is 42.4 Å². The van der Waals surface area contributed by atoms with E-state index in [0.29, 0.717) is 25.6 Å². The Kier molecular flexibility index (Phi) is 4.93. The van der Waals surface area contributed by atoms with E-state index in [-0.39, 0.29) is 6.03 Å². The van der Waals surface area contributed by atoms with E-state index in [4.69, 9.17) is 0 Å². The topological polar surface area (TPSA) is 95.9 Å². The van der Waals surface area contributed by atoms with Crippen molar-refractivity contribution in [1.82, 2.24) is 30.2 Å². The highest BCUT2D eigenvalue weighted by molar-refractivity contribution is 7.18. The largest absolute Gasteiger partial charge is 0.352 e. The van der Waals surface area contributed by atoms with Gasteiger partial charge in [-0.2, -0.15) is 0 Å². The van der Waals surface area contributed by atoms with Crippen molar-refractivity contribution in [1.29, 1.82) is 0 Å². The lowest BCUT2D eigenvalue weighted by Crippen LogP contribution is -2.32. The molecule has 3 aromatic heterocycles. The number of hydrogen-bond donors (Lipinski definition) is 2. The Labute approximate surface area is 160 Å². The number of aromatic nitrogens is 4. The van der Waals surface area contributed by atoms with Gasteiger partial charge < -0.3 is 15.5 Å². The van der Waals surface area contributed by atoms with Crippen LogP contribution in [0.3, 0.4) is 0 Å². The zero-order valence-electron chi connectivity index (χ0n) is 14.8. The van der Waals surface area contributed by atoms with Gasteiger partial charge >= 0.3 is 6.03 Å². The number of carbonyl (C=O) groups excluding carboxylic acids is 1. The predicted octanol–water partition coefficient (Wildman–Crippen LogP) is 2.41. The van der Waals surface area contributed by atoms with Gasteiger partial charge in [0, 0.05) is 38.6 Å². The van der Waals surface area contributed by atoms with Crippen LogP contribution in [0.25, 0.3) is 21.3 Å². The predicted molar refractivity (Wildman–Crippen MR) is 105 cm³/mol. The molecule has 0 aliphatic carbocycles. The third-order valence-electron chi connectivity index (χ3n) is 4.18. The molecule has 0 atom stereocenters. The van der Waals surface area contributed by atoms with E-state index in [2.05, 4.69) is 30.6 Å². The Bertz CT molecular complexity index is 944. The number of aryl methyl sites for hydroxylation is 1. The van der Waals surface area contributed by atoms with Crippen molar-refractivity contribution >= 4 is 23.3 Å². The first-order valence-electron chi connectivity index (χ1n) is 8.69. The Morgan fingerprint density at radius 3 is 2.89 bits per heavy atom. The lowest BCUT2D eigenvalue weighted by molar-refractivity contribution is 0.219. The Morgan fingerprint density at radius 1 is 1.19 bits per heavy atom. The van der Waals surface area contributed by atoms with E-state index in [1.54, 1.807) is 28.6 Å². The minimum atomic E-state index is -0.0196. The third kappa shape index (κ3) is 3.87. The summed E-state index contributed by atoms with van der Waals surface area (Å²) in [5.74, 6) is 0.541. The molecule has 4 heterocycles. The molecule has 0 spiro atoms. The second kappa shape index (κ2) is 7.67. The molecule has 0 aromatic carbocycles. The minimum absolute atomic E-state index is 0.0196. The molecule has 9 heteroatoms. The smallest absolute Gasteiger partial charge is 0.317 e. The van der Waals surface area contributed by atoms with Gasteiger partial charge in [-0.1, -0.05) is 6.07 Å². The van der Waals surface area contributed by atoms with Crippen LogP contribution in [0.4, 0.5) is 10.7 Å². The van der Waals surface area contributed by atoms with Crippen LogP contribution in [-0.2, 0) is 0 Å². The fourth-order valence-electron chi connectivity index (χ4n) is 2.83. The van der Waals surface area contributed by atoms with Gasteiger partial charge in [-0.3, -0.25) is 4.98 Å². The monoisotopic (exact) mass is 381 g/mol. The molecule has 0 radical (unpaired) electrons. The molecular formula is C18H19N7OS. The highest BCUT2D eigenvalue weighted by atomic mass is 32.1. The van der Waals surface area contributed by atoms with Crippen LogP contribution < -0.4 is 10.6 Å². The average Bonchev–Trinajstić information content (AvgIpc) is 3.28. The van der Waals surface area contributed by atoms with Crippen LogP contribution in [0.1, 0.15) is 5.69 Å². The second-order valence-corrected chi connectivity index (χ2v) is 7.06. The number of hydrogen-bond acceptors (Lipinski definition) is 7.